The predicted octanol–water partition coefficient (Wildman–Crippen LogP) is 3.74. The van der Waals surface area contributed by atoms with Crippen molar-refractivity contribution in [3.8, 4) is 0 Å². The van der Waals surface area contributed by atoms with Gasteiger partial charge in [0, 0.05) is 19.6 Å². The van der Waals surface area contributed by atoms with E-state index in [1.165, 1.54) is 31.4 Å². The van der Waals surface area contributed by atoms with Gasteiger partial charge in [0.25, 0.3) is 0 Å². The van der Waals surface area contributed by atoms with E-state index < -0.39 is 0 Å². The van der Waals surface area contributed by atoms with Crippen LogP contribution in [0.2, 0.25) is 5.02 Å². The van der Waals surface area contributed by atoms with Crippen molar-refractivity contribution in [2.45, 2.75) is 65.3 Å². The molecule has 1 aliphatic rings. The first-order chi connectivity index (χ1) is 9.47. The van der Waals surface area contributed by atoms with Crippen molar-refractivity contribution in [1.29, 1.82) is 0 Å². The highest BCUT2D eigenvalue weighted by molar-refractivity contribution is 6.31. The van der Waals surface area contributed by atoms with E-state index in [-0.39, 0.29) is 0 Å². The molecule has 0 spiro atoms. The van der Waals surface area contributed by atoms with Gasteiger partial charge in [0.15, 0.2) is 0 Å². The van der Waals surface area contributed by atoms with Gasteiger partial charge >= 0.3 is 0 Å². The molecule has 0 amide bonds. The Morgan fingerprint density at radius 2 is 2.00 bits per heavy atom. The Hall–Kier alpha value is -0.540. The molecule has 4 heteroatoms. The van der Waals surface area contributed by atoms with Gasteiger partial charge in [-0.1, -0.05) is 45.2 Å². The van der Waals surface area contributed by atoms with E-state index >= 15 is 0 Å². The molecule has 0 aromatic carbocycles. The highest BCUT2D eigenvalue weighted by atomic mass is 35.5. The SMILES string of the molecule is CCc1nn(C)c(CC2(CNC(C)C)CCCC2)c1Cl. The fraction of sp³-hybridized carbons (Fsp3) is 0.812. The van der Waals surface area contributed by atoms with Gasteiger partial charge in [-0.05, 0) is 31.1 Å². The third-order valence-corrected chi connectivity index (χ3v) is 5.03. The summed E-state index contributed by atoms with van der Waals surface area (Å²) in [6.45, 7) is 7.64. The number of nitrogens with zero attached hydrogens (tertiary/aromatic N) is 2. The maximum atomic E-state index is 6.53. The number of halogens is 1. The van der Waals surface area contributed by atoms with Gasteiger partial charge in [-0.2, -0.15) is 5.10 Å². The molecule has 0 aliphatic heterocycles. The second-order valence-corrected chi connectivity index (χ2v) is 6.98. The lowest BCUT2D eigenvalue weighted by atomic mass is 9.81. The zero-order valence-electron chi connectivity index (χ0n) is 13.3. The largest absolute Gasteiger partial charge is 0.314 e. The van der Waals surface area contributed by atoms with E-state index in [4.69, 9.17) is 11.6 Å². The first-order valence-electron chi connectivity index (χ1n) is 7.91. The Balaban J connectivity index is 2.18. The van der Waals surface area contributed by atoms with Crippen LogP contribution in [0.4, 0.5) is 0 Å². The summed E-state index contributed by atoms with van der Waals surface area (Å²) in [6.07, 6.45) is 7.25. The van der Waals surface area contributed by atoms with Crippen LogP contribution in [0.25, 0.3) is 0 Å². The highest BCUT2D eigenvalue weighted by Gasteiger charge is 2.35. The van der Waals surface area contributed by atoms with E-state index in [0.29, 0.717) is 11.5 Å². The summed E-state index contributed by atoms with van der Waals surface area (Å²) in [5.41, 5.74) is 2.62. The van der Waals surface area contributed by atoms with E-state index in [9.17, 15) is 0 Å². The Morgan fingerprint density at radius 3 is 2.50 bits per heavy atom. The van der Waals surface area contributed by atoms with Gasteiger partial charge in [0.2, 0.25) is 0 Å². The molecule has 1 fully saturated rings. The van der Waals surface area contributed by atoms with Crippen LogP contribution in [0.1, 0.15) is 57.8 Å². The molecule has 0 bridgehead atoms. The summed E-state index contributed by atoms with van der Waals surface area (Å²) >= 11 is 6.53. The topological polar surface area (TPSA) is 29.9 Å². The summed E-state index contributed by atoms with van der Waals surface area (Å²) in [5.74, 6) is 0. The molecule has 1 aromatic rings. The first kappa shape index (κ1) is 15.8. The molecule has 0 unspecified atom stereocenters. The van der Waals surface area contributed by atoms with Crippen molar-refractivity contribution in [3.63, 3.8) is 0 Å². The van der Waals surface area contributed by atoms with E-state index in [1.807, 2.05) is 11.7 Å². The standard InChI is InChI=1S/C16H28ClN3/c1-5-13-15(17)14(20(4)19-13)10-16(8-6-7-9-16)11-18-12(2)3/h12,18H,5-11H2,1-4H3. The molecule has 1 aromatic heterocycles. The van der Waals surface area contributed by atoms with Crippen LogP contribution in [0.15, 0.2) is 0 Å². The molecule has 2 rings (SSSR count). The van der Waals surface area contributed by atoms with Crippen LogP contribution < -0.4 is 5.32 Å². The molecule has 1 heterocycles. The Labute approximate surface area is 128 Å². The fourth-order valence-electron chi connectivity index (χ4n) is 3.33. The Kier molecular flexibility index (Phi) is 5.14. The molecule has 0 radical (unpaired) electrons. The number of rotatable bonds is 6. The van der Waals surface area contributed by atoms with Gasteiger partial charge in [-0.3, -0.25) is 4.68 Å². The minimum absolute atomic E-state index is 0.368. The molecule has 1 N–H and O–H groups in total. The van der Waals surface area contributed by atoms with Crippen LogP contribution in [-0.2, 0) is 19.9 Å². The van der Waals surface area contributed by atoms with Gasteiger partial charge in [0.05, 0.1) is 16.4 Å². The molecule has 1 saturated carbocycles. The number of hydrogen-bond acceptors (Lipinski definition) is 2. The minimum Gasteiger partial charge on any atom is -0.314 e. The molecular formula is C16H28ClN3. The maximum absolute atomic E-state index is 6.53. The number of hydrogen-bond donors (Lipinski definition) is 1. The van der Waals surface area contributed by atoms with Crippen LogP contribution in [0, 0.1) is 5.41 Å². The van der Waals surface area contributed by atoms with E-state index in [1.54, 1.807) is 0 Å². The molecular weight excluding hydrogens is 270 g/mol. The molecule has 0 atom stereocenters. The van der Waals surface area contributed by atoms with Gasteiger partial charge < -0.3 is 5.32 Å². The van der Waals surface area contributed by atoms with Crippen LogP contribution >= 0.6 is 11.6 Å². The van der Waals surface area contributed by atoms with E-state index in [0.717, 1.165) is 30.1 Å². The van der Waals surface area contributed by atoms with Crippen LogP contribution in [0.5, 0.6) is 0 Å². The maximum Gasteiger partial charge on any atom is 0.0849 e. The van der Waals surface area contributed by atoms with Crippen LogP contribution in [0.3, 0.4) is 0 Å². The van der Waals surface area contributed by atoms with Gasteiger partial charge in [-0.25, -0.2) is 0 Å². The van der Waals surface area contributed by atoms with Crippen molar-refractivity contribution in [1.82, 2.24) is 15.1 Å². The number of nitrogens with one attached hydrogen (secondary N) is 1. The Morgan fingerprint density at radius 1 is 1.35 bits per heavy atom. The van der Waals surface area contributed by atoms with Crippen LogP contribution in [-0.4, -0.2) is 22.4 Å². The zero-order valence-corrected chi connectivity index (χ0v) is 14.1. The van der Waals surface area contributed by atoms with Gasteiger partial charge in [-0.15, -0.1) is 0 Å². The first-order valence-corrected chi connectivity index (χ1v) is 8.29. The number of aromatic nitrogens is 2. The van der Waals surface area contributed by atoms with Gasteiger partial charge in [0.1, 0.15) is 0 Å². The minimum atomic E-state index is 0.368. The molecule has 20 heavy (non-hydrogen) atoms. The van der Waals surface area contributed by atoms with Crippen molar-refractivity contribution in [3.05, 3.63) is 16.4 Å². The third kappa shape index (κ3) is 3.37. The van der Waals surface area contributed by atoms with Crippen molar-refractivity contribution < 1.29 is 0 Å². The quantitative estimate of drug-likeness (QED) is 0.867. The lowest BCUT2D eigenvalue weighted by molar-refractivity contribution is 0.263. The molecule has 1 aliphatic carbocycles. The monoisotopic (exact) mass is 297 g/mol. The third-order valence-electron chi connectivity index (χ3n) is 4.59. The second kappa shape index (κ2) is 6.48. The van der Waals surface area contributed by atoms with Crippen molar-refractivity contribution in [2.75, 3.05) is 6.54 Å². The molecule has 114 valence electrons. The summed E-state index contributed by atoms with van der Waals surface area (Å²) in [5, 5.41) is 9.09. The predicted molar refractivity (Wildman–Crippen MR) is 85.3 cm³/mol. The second-order valence-electron chi connectivity index (χ2n) is 6.60. The zero-order chi connectivity index (χ0) is 14.8. The molecule has 0 saturated heterocycles. The Bertz CT molecular complexity index is 445. The summed E-state index contributed by atoms with van der Waals surface area (Å²) in [4.78, 5) is 0. The summed E-state index contributed by atoms with van der Waals surface area (Å²) < 4.78 is 2.00. The highest BCUT2D eigenvalue weighted by Crippen LogP contribution is 2.42. The average Bonchev–Trinajstić information content (AvgIpc) is 2.97. The normalized spacial score (nSPS) is 18.1. The fourth-order valence-corrected chi connectivity index (χ4v) is 3.69. The summed E-state index contributed by atoms with van der Waals surface area (Å²) in [7, 11) is 2.03. The van der Waals surface area contributed by atoms with Crippen molar-refractivity contribution >= 4 is 11.6 Å². The van der Waals surface area contributed by atoms with E-state index in [2.05, 4.69) is 31.2 Å². The smallest absolute Gasteiger partial charge is 0.0849 e. The lowest BCUT2D eigenvalue weighted by Crippen LogP contribution is -2.37. The lowest BCUT2D eigenvalue weighted by Gasteiger charge is -2.30. The summed E-state index contributed by atoms with van der Waals surface area (Å²) in [6, 6.07) is 0.542. The van der Waals surface area contributed by atoms with Crippen molar-refractivity contribution in [2.24, 2.45) is 12.5 Å². The average molecular weight is 298 g/mol. The number of aryl methyl sites for hydroxylation is 2. The molecule has 3 nitrogen and oxygen atoms in total.